The molecule has 0 aromatic heterocycles. The number of amides is 1. The van der Waals surface area contributed by atoms with Crippen LogP contribution in [0.3, 0.4) is 0 Å². The third-order valence-electron chi connectivity index (χ3n) is 3.24. The van der Waals surface area contributed by atoms with Crippen LogP contribution >= 0.6 is 11.6 Å². The summed E-state index contributed by atoms with van der Waals surface area (Å²) in [6.45, 7) is 0. The monoisotopic (exact) mass is 319 g/mol. The topological polar surface area (TPSA) is 47.6 Å². The van der Waals surface area contributed by atoms with Crippen LogP contribution in [-0.4, -0.2) is 20.1 Å². The quantitative estimate of drug-likeness (QED) is 0.877. The number of methoxy groups -OCH3 is 2. The number of rotatable bonds is 6. The van der Waals surface area contributed by atoms with Gasteiger partial charge in [0.05, 0.1) is 14.2 Å². The Morgan fingerprint density at radius 1 is 1.09 bits per heavy atom. The van der Waals surface area contributed by atoms with E-state index in [0.29, 0.717) is 17.9 Å². The van der Waals surface area contributed by atoms with Crippen LogP contribution in [0.25, 0.3) is 0 Å². The fourth-order valence-corrected chi connectivity index (χ4v) is 2.21. The van der Waals surface area contributed by atoms with Crippen molar-refractivity contribution in [2.45, 2.75) is 12.8 Å². The molecule has 22 heavy (non-hydrogen) atoms. The highest BCUT2D eigenvalue weighted by molar-refractivity contribution is 6.30. The molecule has 0 unspecified atom stereocenters. The first kappa shape index (κ1) is 16.2. The lowest BCUT2D eigenvalue weighted by Gasteiger charge is -2.10. The molecule has 2 aromatic carbocycles. The van der Waals surface area contributed by atoms with Crippen LogP contribution in [0.4, 0.5) is 5.69 Å². The molecule has 0 fully saturated rings. The minimum absolute atomic E-state index is 0.0628. The molecule has 1 amide bonds. The molecule has 5 heteroatoms. The van der Waals surface area contributed by atoms with Crippen LogP contribution in [0.5, 0.6) is 11.5 Å². The summed E-state index contributed by atoms with van der Waals surface area (Å²) in [5.74, 6) is 1.43. The highest BCUT2D eigenvalue weighted by Gasteiger charge is 2.08. The minimum atomic E-state index is -0.0628. The van der Waals surface area contributed by atoms with Gasteiger partial charge in [-0.1, -0.05) is 11.6 Å². The van der Waals surface area contributed by atoms with Gasteiger partial charge >= 0.3 is 0 Å². The number of carbonyl (C=O) groups is 1. The number of halogens is 1. The number of hydrogen-bond acceptors (Lipinski definition) is 3. The summed E-state index contributed by atoms with van der Waals surface area (Å²) in [6, 6.07) is 12.6. The predicted octanol–water partition coefficient (Wildman–Crippen LogP) is 3.93. The van der Waals surface area contributed by atoms with Crippen molar-refractivity contribution >= 4 is 23.2 Å². The third-order valence-corrected chi connectivity index (χ3v) is 3.49. The van der Waals surface area contributed by atoms with Crippen LogP contribution in [0.2, 0.25) is 5.02 Å². The van der Waals surface area contributed by atoms with E-state index in [1.165, 1.54) is 0 Å². The molecule has 0 aliphatic rings. The summed E-state index contributed by atoms with van der Waals surface area (Å²) in [4.78, 5) is 12.0. The molecule has 116 valence electrons. The van der Waals surface area contributed by atoms with Gasteiger partial charge in [0.25, 0.3) is 0 Å². The molecular weight excluding hydrogens is 302 g/mol. The summed E-state index contributed by atoms with van der Waals surface area (Å²) in [7, 11) is 3.22. The summed E-state index contributed by atoms with van der Waals surface area (Å²) in [5.41, 5.74) is 1.67. The number of anilines is 1. The van der Waals surface area contributed by atoms with E-state index in [1.807, 2.05) is 18.2 Å². The zero-order chi connectivity index (χ0) is 15.9. The van der Waals surface area contributed by atoms with E-state index in [9.17, 15) is 4.79 Å². The highest BCUT2D eigenvalue weighted by atomic mass is 35.5. The van der Waals surface area contributed by atoms with Crippen LogP contribution in [0.1, 0.15) is 12.0 Å². The van der Waals surface area contributed by atoms with Gasteiger partial charge in [0.15, 0.2) is 0 Å². The van der Waals surface area contributed by atoms with E-state index in [0.717, 1.165) is 22.7 Å². The van der Waals surface area contributed by atoms with Gasteiger partial charge in [0, 0.05) is 17.1 Å². The summed E-state index contributed by atoms with van der Waals surface area (Å²) in [6.07, 6.45) is 0.923. The van der Waals surface area contributed by atoms with Crippen molar-refractivity contribution in [1.29, 1.82) is 0 Å². The summed E-state index contributed by atoms with van der Waals surface area (Å²) >= 11 is 5.81. The zero-order valence-electron chi connectivity index (χ0n) is 12.6. The largest absolute Gasteiger partial charge is 0.497 e. The Bertz CT molecular complexity index is 641. The number of hydrogen-bond donors (Lipinski definition) is 1. The van der Waals surface area contributed by atoms with E-state index < -0.39 is 0 Å². The first-order valence-corrected chi connectivity index (χ1v) is 7.26. The first-order chi connectivity index (χ1) is 10.6. The average molecular weight is 320 g/mol. The van der Waals surface area contributed by atoms with Crippen molar-refractivity contribution in [2.24, 2.45) is 0 Å². The Hall–Kier alpha value is -2.20. The number of nitrogens with one attached hydrogen (secondary N) is 1. The maximum absolute atomic E-state index is 12.0. The summed E-state index contributed by atoms with van der Waals surface area (Å²) < 4.78 is 10.5. The van der Waals surface area contributed by atoms with Crippen molar-refractivity contribution in [3.63, 3.8) is 0 Å². The van der Waals surface area contributed by atoms with Gasteiger partial charge in [0.2, 0.25) is 5.91 Å². The average Bonchev–Trinajstić information content (AvgIpc) is 2.54. The van der Waals surface area contributed by atoms with E-state index in [4.69, 9.17) is 21.1 Å². The lowest BCUT2D eigenvalue weighted by Crippen LogP contribution is -2.12. The zero-order valence-corrected chi connectivity index (χ0v) is 13.3. The van der Waals surface area contributed by atoms with Gasteiger partial charge in [-0.25, -0.2) is 0 Å². The van der Waals surface area contributed by atoms with Crippen LogP contribution in [-0.2, 0) is 11.2 Å². The second-order valence-corrected chi connectivity index (χ2v) is 5.17. The van der Waals surface area contributed by atoms with Crippen LogP contribution in [0, 0.1) is 0 Å². The van der Waals surface area contributed by atoms with Crippen LogP contribution in [0.15, 0.2) is 42.5 Å². The predicted molar refractivity (Wildman–Crippen MR) is 87.9 cm³/mol. The molecule has 0 aliphatic carbocycles. The van der Waals surface area contributed by atoms with Gasteiger partial charge in [-0.15, -0.1) is 0 Å². The van der Waals surface area contributed by atoms with Gasteiger partial charge in [-0.2, -0.15) is 0 Å². The smallest absolute Gasteiger partial charge is 0.224 e. The molecule has 2 rings (SSSR count). The fourth-order valence-electron chi connectivity index (χ4n) is 2.08. The number of ether oxygens (including phenoxy) is 2. The second-order valence-electron chi connectivity index (χ2n) is 4.73. The maximum Gasteiger partial charge on any atom is 0.224 e. The van der Waals surface area contributed by atoms with Crippen molar-refractivity contribution in [2.75, 3.05) is 19.5 Å². The minimum Gasteiger partial charge on any atom is -0.497 e. The lowest BCUT2D eigenvalue weighted by atomic mass is 10.1. The Morgan fingerprint density at radius 3 is 2.45 bits per heavy atom. The Labute approximate surface area is 135 Å². The number of carbonyl (C=O) groups excluding carboxylic acids is 1. The molecule has 0 saturated heterocycles. The molecule has 0 saturated carbocycles. The van der Waals surface area contributed by atoms with Crippen molar-refractivity contribution in [1.82, 2.24) is 0 Å². The lowest BCUT2D eigenvalue weighted by molar-refractivity contribution is -0.116. The molecule has 0 bridgehead atoms. The number of benzene rings is 2. The fraction of sp³-hybridized carbons (Fsp3) is 0.235. The molecule has 1 N–H and O–H groups in total. The molecule has 0 spiro atoms. The van der Waals surface area contributed by atoms with Gasteiger partial charge < -0.3 is 14.8 Å². The molecule has 0 heterocycles. The van der Waals surface area contributed by atoms with Gasteiger partial charge in [-0.05, 0) is 54.4 Å². The van der Waals surface area contributed by atoms with Crippen LogP contribution < -0.4 is 14.8 Å². The Morgan fingerprint density at radius 2 is 1.82 bits per heavy atom. The molecule has 4 nitrogen and oxygen atoms in total. The molecule has 2 aromatic rings. The van der Waals surface area contributed by atoms with E-state index >= 15 is 0 Å². The Kier molecular flexibility index (Phi) is 5.67. The highest BCUT2D eigenvalue weighted by Crippen LogP contribution is 2.25. The standard InChI is InChI=1S/C17H18ClNO3/c1-21-15-8-9-16(22-2)12(11-15)3-10-17(20)19-14-6-4-13(18)5-7-14/h4-9,11H,3,10H2,1-2H3,(H,19,20). The van der Waals surface area contributed by atoms with E-state index in [2.05, 4.69) is 5.32 Å². The van der Waals surface area contributed by atoms with Crippen molar-refractivity contribution in [3.8, 4) is 11.5 Å². The SMILES string of the molecule is COc1ccc(OC)c(CCC(=O)Nc2ccc(Cl)cc2)c1. The molecular formula is C17H18ClNO3. The molecule has 0 atom stereocenters. The second kappa shape index (κ2) is 7.71. The first-order valence-electron chi connectivity index (χ1n) is 6.88. The van der Waals surface area contributed by atoms with Crippen molar-refractivity contribution < 1.29 is 14.3 Å². The van der Waals surface area contributed by atoms with E-state index in [1.54, 1.807) is 38.5 Å². The third kappa shape index (κ3) is 4.40. The maximum atomic E-state index is 12.0. The van der Waals surface area contributed by atoms with E-state index in [-0.39, 0.29) is 5.91 Å². The van der Waals surface area contributed by atoms with Gasteiger partial charge in [-0.3, -0.25) is 4.79 Å². The van der Waals surface area contributed by atoms with Crippen molar-refractivity contribution in [3.05, 3.63) is 53.1 Å². The summed E-state index contributed by atoms with van der Waals surface area (Å²) in [5, 5.41) is 3.47. The normalized spacial score (nSPS) is 10.1. The molecule has 0 radical (unpaired) electrons. The Balaban J connectivity index is 1.97. The van der Waals surface area contributed by atoms with Gasteiger partial charge in [0.1, 0.15) is 11.5 Å². The number of aryl methyl sites for hydroxylation is 1. The molecule has 0 aliphatic heterocycles.